The highest BCUT2D eigenvalue weighted by atomic mass is 16.7. The van der Waals surface area contributed by atoms with Crippen LogP contribution in [0.25, 0.3) is 0 Å². The second-order valence-corrected chi connectivity index (χ2v) is 4.91. The molecule has 0 aromatic rings. The smallest absolute Gasteiger partial charge is 0.394 e. The Morgan fingerprint density at radius 1 is 0.636 bits per heavy atom. The van der Waals surface area contributed by atoms with Crippen LogP contribution in [0.2, 0.25) is 0 Å². The fourth-order valence-electron chi connectivity index (χ4n) is 1.53. The second kappa shape index (κ2) is 18.9. The molecule has 7 heteroatoms. The molecule has 0 radical (unpaired) electrons. The molecule has 0 amide bonds. The van der Waals surface area contributed by atoms with Gasteiger partial charge in [0.15, 0.2) is 0 Å². The summed E-state index contributed by atoms with van der Waals surface area (Å²) in [6, 6.07) is 0. The molecule has 0 aliphatic carbocycles. The van der Waals surface area contributed by atoms with E-state index in [2.05, 4.69) is 13.8 Å². The van der Waals surface area contributed by atoms with Crippen LogP contribution in [0.1, 0.15) is 46.0 Å². The Labute approximate surface area is 135 Å². The van der Waals surface area contributed by atoms with Crippen LogP contribution < -0.4 is 0 Å². The lowest BCUT2D eigenvalue weighted by atomic mass is 10.2. The van der Waals surface area contributed by atoms with E-state index in [1.807, 2.05) is 0 Å². The molecular formula is C15H33BO6. The Balaban J connectivity index is 3.56. The molecule has 0 atom stereocenters. The van der Waals surface area contributed by atoms with Crippen molar-refractivity contribution in [2.45, 2.75) is 46.0 Å². The number of rotatable bonds is 18. The standard InChI is InChI=1S/C15H33BO6/c1-3-5-9-18-11-7-12-20-16(21-13-8-17)22-15-14-19-10-6-4-2/h17H,3-15H2,1-2H3. The zero-order valence-corrected chi connectivity index (χ0v) is 14.3. The van der Waals surface area contributed by atoms with E-state index in [4.69, 9.17) is 28.5 Å². The number of aliphatic hydroxyl groups excluding tert-OH is 1. The molecule has 0 unspecified atom stereocenters. The van der Waals surface area contributed by atoms with E-state index < -0.39 is 7.32 Å². The summed E-state index contributed by atoms with van der Waals surface area (Å²) in [7, 11) is -0.752. The first-order valence-corrected chi connectivity index (χ1v) is 8.46. The van der Waals surface area contributed by atoms with Crippen molar-refractivity contribution in [3.63, 3.8) is 0 Å². The van der Waals surface area contributed by atoms with Crippen molar-refractivity contribution in [3.8, 4) is 0 Å². The van der Waals surface area contributed by atoms with Crippen LogP contribution in [0.5, 0.6) is 0 Å². The van der Waals surface area contributed by atoms with E-state index in [9.17, 15) is 0 Å². The molecule has 132 valence electrons. The first-order chi connectivity index (χ1) is 10.8. The molecule has 0 fully saturated rings. The van der Waals surface area contributed by atoms with Crippen LogP contribution in [0.4, 0.5) is 0 Å². The van der Waals surface area contributed by atoms with Crippen molar-refractivity contribution in [1.29, 1.82) is 0 Å². The van der Waals surface area contributed by atoms with E-state index in [-0.39, 0.29) is 13.2 Å². The molecule has 0 rings (SSSR count). The molecule has 0 aliphatic rings. The molecule has 0 bridgehead atoms. The van der Waals surface area contributed by atoms with Crippen LogP contribution in [-0.2, 0) is 23.4 Å². The van der Waals surface area contributed by atoms with Gasteiger partial charge < -0.3 is 28.5 Å². The summed E-state index contributed by atoms with van der Waals surface area (Å²) in [6.45, 7) is 8.04. The van der Waals surface area contributed by atoms with Crippen LogP contribution in [-0.4, -0.2) is 65.3 Å². The summed E-state index contributed by atoms with van der Waals surface area (Å²) in [6.07, 6.45) is 5.19. The summed E-state index contributed by atoms with van der Waals surface area (Å²) in [4.78, 5) is 0. The van der Waals surface area contributed by atoms with E-state index in [1.54, 1.807) is 0 Å². The summed E-state index contributed by atoms with van der Waals surface area (Å²) in [5.74, 6) is 0. The molecule has 0 aliphatic heterocycles. The number of unbranched alkanes of at least 4 members (excludes halogenated alkanes) is 2. The monoisotopic (exact) mass is 320 g/mol. The van der Waals surface area contributed by atoms with Gasteiger partial charge in [-0.3, -0.25) is 0 Å². The lowest BCUT2D eigenvalue weighted by Gasteiger charge is -2.14. The average molecular weight is 320 g/mol. The van der Waals surface area contributed by atoms with E-state index in [0.717, 1.165) is 45.3 Å². The zero-order chi connectivity index (χ0) is 16.3. The van der Waals surface area contributed by atoms with Crippen LogP contribution in [0.3, 0.4) is 0 Å². The zero-order valence-electron chi connectivity index (χ0n) is 14.3. The summed E-state index contributed by atoms with van der Waals surface area (Å²) < 4.78 is 27.1. The first-order valence-electron chi connectivity index (χ1n) is 8.46. The van der Waals surface area contributed by atoms with Gasteiger partial charge >= 0.3 is 7.32 Å². The quantitative estimate of drug-likeness (QED) is 0.308. The fraction of sp³-hybridized carbons (Fsp3) is 1.00. The van der Waals surface area contributed by atoms with Gasteiger partial charge in [-0.2, -0.15) is 0 Å². The van der Waals surface area contributed by atoms with Crippen molar-refractivity contribution >= 4 is 7.32 Å². The Hall–Kier alpha value is -0.175. The summed E-state index contributed by atoms with van der Waals surface area (Å²) >= 11 is 0. The third kappa shape index (κ3) is 16.2. The lowest BCUT2D eigenvalue weighted by Crippen LogP contribution is -2.30. The van der Waals surface area contributed by atoms with Crippen LogP contribution in [0, 0.1) is 0 Å². The Bertz CT molecular complexity index is 208. The lowest BCUT2D eigenvalue weighted by molar-refractivity contribution is 0.0392. The van der Waals surface area contributed by atoms with Crippen molar-refractivity contribution < 1.29 is 28.5 Å². The highest BCUT2D eigenvalue weighted by Crippen LogP contribution is 1.97. The van der Waals surface area contributed by atoms with Crippen LogP contribution in [0.15, 0.2) is 0 Å². The molecule has 1 N–H and O–H groups in total. The third-order valence-corrected chi connectivity index (χ3v) is 2.80. The number of hydrogen-bond acceptors (Lipinski definition) is 6. The predicted octanol–water partition coefficient (Wildman–Crippen LogP) is 2.04. The van der Waals surface area contributed by atoms with Gasteiger partial charge in [0.2, 0.25) is 0 Å². The van der Waals surface area contributed by atoms with Crippen LogP contribution >= 0.6 is 0 Å². The highest BCUT2D eigenvalue weighted by molar-refractivity contribution is 6.36. The topological polar surface area (TPSA) is 66.4 Å². The Kier molecular flexibility index (Phi) is 18.7. The average Bonchev–Trinajstić information content (AvgIpc) is 2.54. The predicted molar refractivity (Wildman–Crippen MR) is 86.8 cm³/mol. The largest absolute Gasteiger partial charge is 0.639 e. The van der Waals surface area contributed by atoms with Gasteiger partial charge in [0.1, 0.15) is 0 Å². The minimum Gasteiger partial charge on any atom is -0.394 e. The van der Waals surface area contributed by atoms with Crippen molar-refractivity contribution in [2.24, 2.45) is 0 Å². The molecule has 0 spiro atoms. The van der Waals surface area contributed by atoms with E-state index in [1.165, 1.54) is 0 Å². The maximum absolute atomic E-state index is 8.80. The molecule has 0 saturated heterocycles. The minimum atomic E-state index is -0.752. The maximum Gasteiger partial charge on any atom is 0.639 e. The Morgan fingerprint density at radius 3 is 1.82 bits per heavy atom. The van der Waals surface area contributed by atoms with Gasteiger partial charge in [0, 0.05) is 26.4 Å². The number of ether oxygens (including phenoxy) is 2. The molecule has 0 heterocycles. The third-order valence-electron chi connectivity index (χ3n) is 2.80. The molecule has 0 aromatic heterocycles. The number of aliphatic hydroxyl groups is 1. The van der Waals surface area contributed by atoms with Gasteiger partial charge in [-0.25, -0.2) is 0 Å². The first kappa shape index (κ1) is 21.8. The molecule has 0 aromatic carbocycles. The SMILES string of the molecule is CCCCOCCCOB(OCCO)OCCOCCCC. The van der Waals surface area contributed by atoms with Gasteiger partial charge in [-0.05, 0) is 19.3 Å². The van der Waals surface area contributed by atoms with E-state index in [0.29, 0.717) is 26.4 Å². The normalized spacial score (nSPS) is 11.0. The van der Waals surface area contributed by atoms with Gasteiger partial charge in [0.25, 0.3) is 0 Å². The minimum absolute atomic E-state index is 0.0592. The highest BCUT2D eigenvalue weighted by Gasteiger charge is 2.20. The second-order valence-electron chi connectivity index (χ2n) is 4.91. The van der Waals surface area contributed by atoms with Gasteiger partial charge in [-0.15, -0.1) is 0 Å². The van der Waals surface area contributed by atoms with Crippen molar-refractivity contribution in [2.75, 3.05) is 52.9 Å². The van der Waals surface area contributed by atoms with Gasteiger partial charge in [0.05, 0.1) is 26.4 Å². The fourth-order valence-corrected chi connectivity index (χ4v) is 1.53. The molecule has 0 saturated carbocycles. The van der Waals surface area contributed by atoms with E-state index >= 15 is 0 Å². The van der Waals surface area contributed by atoms with Gasteiger partial charge in [-0.1, -0.05) is 26.7 Å². The summed E-state index contributed by atoms with van der Waals surface area (Å²) in [5, 5.41) is 8.80. The molecule has 6 nitrogen and oxygen atoms in total. The number of hydrogen-bond donors (Lipinski definition) is 1. The summed E-state index contributed by atoms with van der Waals surface area (Å²) in [5.41, 5.74) is 0. The molecule has 22 heavy (non-hydrogen) atoms. The van der Waals surface area contributed by atoms with Crippen molar-refractivity contribution in [1.82, 2.24) is 0 Å². The van der Waals surface area contributed by atoms with Crippen molar-refractivity contribution in [3.05, 3.63) is 0 Å². The Morgan fingerprint density at radius 2 is 1.18 bits per heavy atom. The molecular weight excluding hydrogens is 287 g/mol. The maximum atomic E-state index is 8.80.